The van der Waals surface area contributed by atoms with Crippen LogP contribution in [0.4, 0.5) is 17.1 Å². The maximum Gasteiger partial charge on any atom is 0.142 e. The molecule has 0 saturated heterocycles. The molecule has 3 nitrogen and oxygen atoms in total. The van der Waals surface area contributed by atoms with E-state index in [0.29, 0.717) is 0 Å². The van der Waals surface area contributed by atoms with Gasteiger partial charge in [0.1, 0.15) is 275 Å². The summed E-state index contributed by atoms with van der Waals surface area (Å²) in [6, 6.07) is 15.1. The molecule has 0 saturated carbocycles. The zero-order valence-corrected chi connectivity index (χ0v) is 66.8. The molecular formula is C60H76B35N3. The molecule has 436 valence electrons. The monoisotopic (exact) mass is 1220 g/mol. The molecule has 0 aliphatic rings. The predicted molar refractivity (Wildman–Crippen MR) is 552 cm³/mol. The van der Waals surface area contributed by atoms with E-state index in [-0.39, 0.29) is 0 Å². The number of aromatic nitrogens is 2. The molecule has 2 heterocycles. The summed E-state index contributed by atoms with van der Waals surface area (Å²) < 4.78 is 5.35. The number of hydrogen-bond acceptors (Lipinski definition) is 1. The highest BCUT2D eigenvalue weighted by Crippen LogP contribution is 2.35. The van der Waals surface area contributed by atoms with Gasteiger partial charge in [0.2, 0.25) is 0 Å². The Labute approximate surface area is 616 Å². The highest BCUT2D eigenvalue weighted by atomic mass is 15.1. The maximum absolute atomic E-state index is 2.68. The van der Waals surface area contributed by atoms with Crippen LogP contribution in [0.15, 0.2) is 36.4 Å². The van der Waals surface area contributed by atoms with Crippen LogP contribution in [0.3, 0.4) is 0 Å². The van der Waals surface area contributed by atoms with Crippen LogP contribution in [0.25, 0.3) is 88.4 Å². The van der Waals surface area contributed by atoms with Gasteiger partial charge in [-0.15, -0.1) is 38.2 Å². The van der Waals surface area contributed by atoms with Gasteiger partial charge in [0, 0.05) is 55.8 Å². The van der Waals surface area contributed by atoms with Crippen LogP contribution in [0, 0.1) is 0 Å². The van der Waals surface area contributed by atoms with Crippen molar-refractivity contribution in [3.8, 4) is 44.8 Å². The minimum atomic E-state index is 1.18. The zero-order chi connectivity index (χ0) is 72.2. The Balaban J connectivity index is 1.14. The van der Waals surface area contributed by atoms with Crippen molar-refractivity contribution in [2.24, 2.45) is 0 Å². The predicted octanol–water partition coefficient (Wildman–Crippen LogP) is -44.6. The smallest absolute Gasteiger partial charge is 0.142 e. The summed E-state index contributed by atoms with van der Waals surface area (Å²) in [6.07, 6.45) is 0. The molecule has 98 heavy (non-hydrogen) atoms. The first kappa shape index (κ1) is 71.7. The molecule has 0 amide bonds. The number of hydrogen-bond donors (Lipinski definition) is 0. The van der Waals surface area contributed by atoms with Crippen LogP contribution in [-0.2, 0) is 0 Å². The standard InChI is InChI=1S/C60H76B35N3/c61-9-1-7(2-10(62)19(9)23-32(72)25-26-38(78)43(83)47(87)53(93)59(26)98(58(25)51(91)36(23)76)17-6-13(65)28(68)39(79)30(17)70)96(56-14(66)3-8(27(67)50(56)90)18-33(73)40(80)44(84)41(81)34(18)74)16-5-12(64)21(35(75)29(16)69)20-11(63)4-15-22(31(20)71)24-37(77)42(82)46(86)52(92)57(24)97(15)60-54(94)48(88)45(85)49(89)55(60)95/h1-6H,61-95H2. The van der Waals surface area contributed by atoms with E-state index in [4.69, 9.17) is 0 Å². The molecule has 0 N–H and O–H groups in total. The molecule has 12 rings (SSSR count). The van der Waals surface area contributed by atoms with Gasteiger partial charge in [-0.25, -0.2) is 0 Å². The van der Waals surface area contributed by atoms with Gasteiger partial charge < -0.3 is 14.0 Å². The van der Waals surface area contributed by atoms with E-state index in [2.05, 4.69) is 325 Å². The van der Waals surface area contributed by atoms with Gasteiger partial charge in [-0.1, -0.05) is 159 Å². The number of rotatable bonds is 8. The highest BCUT2D eigenvalue weighted by Gasteiger charge is 2.32. The number of nitrogens with zero attached hydrogens (tertiary/aromatic N) is 3. The second-order valence-corrected chi connectivity index (χ2v) is 31.2. The van der Waals surface area contributed by atoms with Crippen LogP contribution in [0.2, 0.25) is 0 Å². The van der Waals surface area contributed by atoms with E-state index in [1.54, 1.807) is 0 Å². The van der Waals surface area contributed by atoms with Crippen molar-refractivity contribution in [1.29, 1.82) is 0 Å². The summed E-state index contributed by atoms with van der Waals surface area (Å²) in [5.74, 6) is 0. The van der Waals surface area contributed by atoms with Crippen LogP contribution in [0.5, 0.6) is 0 Å². The molecule has 0 atom stereocenters. The Hall–Kier alpha value is -6.13. The minimum absolute atomic E-state index is 1.18. The average molecular weight is 1220 g/mol. The largest absolute Gasteiger partial charge is 0.312 e. The zero-order valence-electron chi connectivity index (χ0n) is 66.8. The fourth-order valence-electron chi connectivity index (χ4n) is 18.7. The maximum atomic E-state index is 2.68. The molecular weight excluding hydrogens is 1140 g/mol. The van der Waals surface area contributed by atoms with Gasteiger partial charge in [0.15, 0.2) is 0 Å². The molecule has 38 heteroatoms. The third-order valence-corrected chi connectivity index (χ3v) is 26.8. The van der Waals surface area contributed by atoms with E-state index in [1.165, 1.54) is 297 Å². The van der Waals surface area contributed by atoms with Crippen molar-refractivity contribution < 1.29 is 0 Å². The first-order valence-electron chi connectivity index (χ1n) is 36.2. The SMILES string of the molecule is Bc1cc(-n2c3c(B)c(B)c(B)c(B)c3c3c(B)c(-c4c(B)cc(N(c5cc(B)c(-c6c(B)cc7c(c6B)c6c(B)c(B)c(B)c(B)c6n7-c6c(B)c(B)c(B)c(B)c6B)c(B)c5B)c5c(B)cc(-c6c(B)c(B)c(B)c(B)c6B)c(B)c5B)cc4B)c(B)c(B)c32)c(B)c(B)c1B. The van der Waals surface area contributed by atoms with Gasteiger partial charge in [0.05, 0.1) is 5.52 Å². The molecule has 0 fully saturated rings. The fourth-order valence-corrected chi connectivity index (χ4v) is 18.7. The lowest BCUT2D eigenvalue weighted by Crippen LogP contribution is -2.56. The minimum Gasteiger partial charge on any atom is -0.312 e. The summed E-state index contributed by atoms with van der Waals surface area (Å²) in [6.45, 7) is 0. The summed E-state index contributed by atoms with van der Waals surface area (Å²) in [7, 11) is 82.5. The van der Waals surface area contributed by atoms with Crippen LogP contribution in [0.1, 0.15) is 0 Å². The summed E-state index contributed by atoms with van der Waals surface area (Å²) >= 11 is 0. The quantitative estimate of drug-likeness (QED) is 0.138. The van der Waals surface area contributed by atoms with E-state index < -0.39 is 0 Å². The molecule has 0 radical (unpaired) electrons. The van der Waals surface area contributed by atoms with E-state index in [0.717, 1.165) is 0 Å². The van der Waals surface area contributed by atoms with Crippen LogP contribution in [-0.4, -0.2) is 284 Å². The van der Waals surface area contributed by atoms with E-state index in [9.17, 15) is 0 Å². The Morgan fingerprint density at radius 1 is 0.214 bits per heavy atom. The van der Waals surface area contributed by atoms with Gasteiger partial charge in [-0.3, -0.25) is 0 Å². The lowest BCUT2D eigenvalue weighted by Gasteiger charge is -2.35. The van der Waals surface area contributed by atoms with Crippen molar-refractivity contribution in [3.63, 3.8) is 0 Å². The van der Waals surface area contributed by atoms with Gasteiger partial charge in [-0.2, -0.15) is 0 Å². The fraction of sp³-hybridized carbons (Fsp3) is 0. The number of fused-ring (bicyclic) bond motifs is 6. The Morgan fingerprint density at radius 2 is 0.582 bits per heavy atom. The molecule has 12 aromatic rings. The lowest BCUT2D eigenvalue weighted by atomic mass is 9.58. The number of benzene rings is 10. The highest BCUT2D eigenvalue weighted by molar-refractivity contribution is 6.75. The van der Waals surface area contributed by atoms with Crippen molar-refractivity contribution in [1.82, 2.24) is 9.13 Å². The third-order valence-electron chi connectivity index (χ3n) is 26.8. The first-order valence-corrected chi connectivity index (χ1v) is 36.2. The molecule has 2 aromatic heterocycles. The first-order chi connectivity index (χ1) is 45.8. The second kappa shape index (κ2) is 25.1. The summed E-state index contributed by atoms with van der Waals surface area (Å²) in [5.41, 5.74) is 66.9. The molecule has 0 bridgehead atoms. The molecule has 10 aromatic carbocycles. The second-order valence-electron chi connectivity index (χ2n) is 31.2. The Morgan fingerprint density at radius 3 is 1.10 bits per heavy atom. The van der Waals surface area contributed by atoms with Crippen LogP contribution >= 0.6 is 0 Å². The normalized spacial score (nSPS) is 11.7. The molecule has 0 aliphatic heterocycles. The van der Waals surface area contributed by atoms with Gasteiger partial charge in [-0.05, 0) is 74.5 Å². The van der Waals surface area contributed by atoms with Gasteiger partial charge >= 0.3 is 0 Å². The van der Waals surface area contributed by atoms with E-state index in [1.807, 2.05) is 0 Å². The Kier molecular flexibility index (Phi) is 18.4. The number of anilines is 3. The van der Waals surface area contributed by atoms with Crippen molar-refractivity contribution in [2.45, 2.75) is 0 Å². The molecule has 0 aliphatic carbocycles. The lowest BCUT2D eigenvalue weighted by molar-refractivity contribution is 1.21. The summed E-state index contributed by atoms with van der Waals surface area (Å²) in [4.78, 5) is 2.67. The topological polar surface area (TPSA) is 13.1 Å². The molecule has 0 unspecified atom stereocenters. The average Bonchev–Trinajstić information content (AvgIpc) is 1.53. The third kappa shape index (κ3) is 10.0. The van der Waals surface area contributed by atoms with Gasteiger partial charge in [0.25, 0.3) is 0 Å². The van der Waals surface area contributed by atoms with Crippen molar-refractivity contribution in [2.75, 3.05) is 4.90 Å². The molecule has 0 spiro atoms. The Bertz CT molecular complexity index is 5630. The van der Waals surface area contributed by atoms with Crippen molar-refractivity contribution in [3.05, 3.63) is 36.4 Å². The van der Waals surface area contributed by atoms with E-state index >= 15 is 0 Å². The van der Waals surface area contributed by atoms with Crippen LogP contribution < -0.4 is 196 Å². The van der Waals surface area contributed by atoms with Crippen molar-refractivity contribution >= 4 is 526 Å². The summed E-state index contributed by atoms with van der Waals surface area (Å²) in [5, 5.41) is 5.51.